The van der Waals surface area contributed by atoms with E-state index in [0.717, 1.165) is 85.6 Å². The number of benzene rings is 3. The van der Waals surface area contributed by atoms with Crippen molar-refractivity contribution in [3.05, 3.63) is 87.0 Å². The molecule has 3 aliphatic rings. The smallest absolute Gasteiger partial charge is 0.282 e. The topological polar surface area (TPSA) is 163 Å². The fourth-order valence-corrected chi connectivity index (χ4v) is 14.3. The molecule has 0 aromatic heterocycles. The lowest BCUT2D eigenvalue weighted by atomic mass is 9.66. The van der Waals surface area contributed by atoms with Crippen LogP contribution in [0.15, 0.2) is 57.2 Å². The van der Waals surface area contributed by atoms with Gasteiger partial charge in [-0.3, -0.25) is 13.7 Å². The van der Waals surface area contributed by atoms with Crippen LogP contribution < -0.4 is 0 Å². The Kier molecular flexibility index (Phi) is 14.4. The first-order valence-corrected chi connectivity index (χ1v) is 28.4. The highest BCUT2D eigenvalue weighted by Gasteiger charge is 2.43. The number of hydrogen-bond acceptors (Lipinski definition) is 6. The van der Waals surface area contributed by atoms with E-state index in [0.29, 0.717) is 49.1 Å². The lowest BCUT2D eigenvalue weighted by Crippen LogP contribution is -2.33. The molecule has 3 atom stereocenters. The van der Waals surface area contributed by atoms with Crippen LogP contribution in [-0.4, -0.2) is 38.9 Å². The Hall–Kier alpha value is -2.61. The van der Waals surface area contributed by atoms with Gasteiger partial charge in [0.2, 0.25) is 0 Å². The van der Waals surface area contributed by atoms with Crippen LogP contribution in [0.3, 0.4) is 0 Å². The molecule has 0 radical (unpaired) electrons. The molecule has 362 valence electrons. The Labute approximate surface area is 392 Å². The average Bonchev–Trinajstić information content (AvgIpc) is 3.98. The molecule has 0 spiro atoms. The molecule has 0 bridgehead atoms. The van der Waals surface area contributed by atoms with Crippen LogP contribution in [0.5, 0.6) is 0 Å². The summed E-state index contributed by atoms with van der Waals surface area (Å²) in [5.41, 5.74) is 3.21. The molecule has 3 fully saturated rings. The maximum absolute atomic E-state index is 13.9. The first-order chi connectivity index (χ1) is 29.6. The second-order valence-electron chi connectivity index (χ2n) is 24.3. The number of hydrogen-bond donors (Lipinski definition) is 3. The fraction of sp³-hybridized carbons (Fsp3) is 0.660. The zero-order valence-electron chi connectivity index (χ0n) is 41.3. The van der Waals surface area contributed by atoms with Gasteiger partial charge >= 0.3 is 0 Å². The van der Waals surface area contributed by atoms with Crippen molar-refractivity contribution in [3.63, 3.8) is 0 Å². The second-order valence-corrected chi connectivity index (χ2v) is 28.5. The molecule has 3 aromatic rings. The van der Waals surface area contributed by atoms with Gasteiger partial charge in [0.05, 0.1) is 4.90 Å². The molecule has 12 heteroatoms. The van der Waals surface area contributed by atoms with Crippen LogP contribution in [0.2, 0.25) is 0 Å². The molecule has 0 amide bonds. The Morgan fingerprint density at radius 2 is 0.954 bits per heavy atom. The summed E-state index contributed by atoms with van der Waals surface area (Å²) >= 11 is 0. The van der Waals surface area contributed by atoms with E-state index in [9.17, 15) is 38.9 Å². The molecular weight excluding hydrogens is 877 g/mol. The van der Waals surface area contributed by atoms with Crippen molar-refractivity contribution in [1.82, 2.24) is 0 Å². The molecule has 6 rings (SSSR count). The zero-order chi connectivity index (χ0) is 48.5. The number of rotatable bonds is 13. The summed E-state index contributed by atoms with van der Waals surface area (Å²) in [6, 6.07) is 13.2. The monoisotopic (exact) mass is 954 g/mol. The van der Waals surface area contributed by atoms with Crippen molar-refractivity contribution in [3.8, 4) is 0 Å². The minimum Gasteiger partial charge on any atom is -0.282 e. The Bertz CT molecular complexity index is 2590. The Morgan fingerprint density at radius 1 is 0.477 bits per heavy atom. The molecule has 3 saturated carbocycles. The molecule has 65 heavy (non-hydrogen) atoms. The zero-order valence-corrected chi connectivity index (χ0v) is 43.7. The van der Waals surface area contributed by atoms with Gasteiger partial charge in [-0.25, -0.2) is 0 Å². The van der Waals surface area contributed by atoms with Crippen LogP contribution in [0.25, 0.3) is 0 Å². The van der Waals surface area contributed by atoms with Gasteiger partial charge in [-0.1, -0.05) is 139 Å². The Morgan fingerprint density at radius 3 is 1.45 bits per heavy atom. The van der Waals surface area contributed by atoms with Crippen molar-refractivity contribution in [2.75, 3.05) is 0 Å². The molecule has 3 N–H and O–H groups in total. The van der Waals surface area contributed by atoms with Crippen LogP contribution in [0.1, 0.15) is 235 Å². The normalized spacial score (nSPS) is 21.0. The van der Waals surface area contributed by atoms with E-state index in [1.165, 1.54) is 17.7 Å². The van der Waals surface area contributed by atoms with Gasteiger partial charge in [0.15, 0.2) is 0 Å². The molecule has 0 aliphatic heterocycles. The second kappa shape index (κ2) is 18.0. The third-order valence-corrected chi connectivity index (χ3v) is 18.4. The van der Waals surface area contributed by atoms with E-state index in [4.69, 9.17) is 0 Å². The lowest BCUT2D eigenvalue weighted by Gasteiger charge is -2.40. The third-order valence-electron chi connectivity index (χ3n) is 15.6. The average molecular weight is 955 g/mol. The summed E-state index contributed by atoms with van der Waals surface area (Å²) in [5, 5.41) is 0. The van der Waals surface area contributed by atoms with E-state index in [-0.39, 0.29) is 37.9 Å². The van der Waals surface area contributed by atoms with Gasteiger partial charge in [-0.05, 0) is 172 Å². The van der Waals surface area contributed by atoms with Gasteiger partial charge in [0, 0.05) is 0 Å². The van der Waals surface area contributed by atoms with Gasteiger partial charge in [0.25, 0.3) is 30.4 Å². The maximum atomic E-state index is 13.9. The van der Waals surface area contributed by atoms with E-state index in [1.54, 1.807) is 0 Å². The highest BCUT2D eigenvalue weighted by atomic mass is 32.2. The highest BCUT2D eigenvalue weighted by Crippen LogP contribution is 2.53. The summed E-state index contributed by atoms with van der Waals surface area (Å²) in [6.45, 7) is 24.3. The molecule has 0 saturated heterocycles. The van der Waals surface area contributed by atoms with Crippen LogP contribution in [0.4, 0.5) is 0 Å². The highest BCUT2D eigenvalue weighted by molar-refractivity contribution is 7.86. The van der Waals surface area contributed by atoms with Crippen LogP contribution in [0, 0.1) is 5.92 Å². The fourth-order valence-electron chi connectivity index (χ4n) is 11.5. The van der Waals surface area contributed by atoms with Crippen molar-refractivity contribution < 1.29 is 38.9 Å². The Balaban J connectivity index is 1.50. The van der Waals surface area contributed by atoms with Gasteiger partial charge < -0.3 is 0 Å². The lowest BCUT2D eigenvalue weighted by molar-refractivity contribution is 0.280. The minimum atomic E-state index is -4.77. The predicted molar refractivity (Wildman–Crippen MR) is 262 cm³/mol. The van der Waals surface area contributed by atoms with Gasteiger partial charge in [0.1, 0.15) is 9.79 Å². The van der Waals surface area contributed by atoms with Crippen molar-refractivity contribution in [2.24, 2.45) is 5.92 Å². The molecule has 3 aliphatic carbocycles. The predicted octanol–water partition coefficient (Wildman–Crippen LogP) is 13.6. The summed E-state index contributed by atoms with van der Waals surface area (Å²) in [7, 11) is -13.9. The summed E-state index contributed by atoms with van der Waals surface area (Å²) < 4.78 is 113. The quantitative estimate of drug-likeness (QED) is 0.142. The summed E-state index contributed by atoms with van der Waals surface area (Å²) in [6.07, 6.45) is 11.9. The van der Waals surface area contributed by atoms with Crippen molar-refractivity contribution in [1.29, 1.82) is 0 Å². The van der Waals surface area contributed by atoms with Gasteiger partial charge in [-0.2, -0.15) is 25.3 Å². The van der Waals surface area contributed by atoms with Crippen molar-refractivity contribution >= 4 is 30.4 Å². The van der Waals surface area contributed by atoms with E-state index >= 15 is 0 Å². The largest absolute Gasteiger partial charge is 0.295 e. The van der Waals surface area contributed by atoms with E-state index in [2.05, 4.69) is 39.8 Å². The standard InChI is InChI=1S/C53H78O9S3/c1-49(2,3)39-28-41(30-42(29-39)63(54,55)56)52(10,11)23-24-53(12,46-32-40(50(4,5)6)31-45(51(7,8)9)48(46)65(60,61)62)33-34-21-22-37(25-34)44-27-38(35-17-13-14-18-35)26-43(36-19-15-16-20-36)47(44)64(57,58)59/h26-32,34-37H,13-25,33H2,1-12H3,(H,54,55,56)(H,57,58,59)(H,60,61,62). The summed E-state index contributed by atoms with van der Waals surface area (Å²) in [5.74, 6) is 0.343. The summed E-state index contributed by atoms with van der Waals surface area (Å²) in [4.78, 5) is -0.147. The SMILES string of the molecule is CC(C)(C)c1cc(C(C)(C)CCC(C)(CC2CCC(c3cc(C4CCCC4)cc(C4CCCC4)c3S(=O)(=O)O)C2)c2cc(C(C)(C)C)cc(C(C)(C)C)c2S(=O)(=O)O)cc(S(=O)(=O)O)c1. The minimum absolute atomic E-state index is 0.0356. The van der Waals surface area contributed by atoms with Crippen LogP contribution >= 0.6 is 0 Å². The third kappa shape index (κ3) is 11.6. The molecule has 3 aromatic carbocycles. The van der Waals surface area contributed by atoms with Crippen molar-refractivity contribution in [2.45, 2.75) is 232 Å². The maximum Gasteiger partial charge on any atom is 0.295 e. The van der Waals surface area contributed by atoms with Gasteiger partial charge in [-0.15, -0.1) is 0 Å². The van der Waals surface area contributed by atoms with Crippen LogP contribution in [-0.2, 0) is 57.4 Å². The molecule has 3 unspecified atom stereocenters. The molecule has 0 heterocycles. The molecular formula is C53H78O9S3. The van der Waals surface area contributed by atoms with E-state index < -0.39 is 52.0 Å². The first-order valence-electron chi connectivity index (χ1n) is 24.1. The van der Waals surface area contributed by atoms with E-state index in [1.807, 2.05) is 73.6 Å². The first kappa shape index (κ1) is 51.8. The molecule has 9 nitrogen and oxygen atoms in total.